The summed E-state index contributed by atoms with van der Waals surface area (Å²) in [4.78, 5) is 4.24. The van der Waals surface area contributed by atoms with E-state index in [0.29, 0.717) is 0 Å². The first-order valence-corrected chi connectivity index (χ1v) is 6.19. The first kappa shape index (κ1) is 12.1. The molecule has 1 aromatic carbocycles. The summed E-state index contributed by atoms with van der Waals surface area (Å²) in [5.41, 5.74) is 4.04. The van der Waals surface area contributed by atoms with E-state index in [1.54, 1.807) is 6.21 Å². The smallest absolute Gasteiger partial charge is 0.0890 e. The van der Waals surface area contributed by atoms with E-state index >= 15 is 0 Å². The molecule has 17 heavy (non-hydrogen) atoms. The summed E-state index contributed by atoms with van der Waals surface area (Å²) >= 11 is 0. The summed E-state index contributed by atoms with van der Waals surface area (Å²) < 4.78 is 0. The molecule has 1 unspecified atom stereocenters. The van der Waals surface area contributed by atoms with Crippen LogP contribution < -0.4 is 0 Å². The van der Waals surface area contributed by atoms with E-state index in [9.17, 15) is 5.11 Å². The highest BCUT2D eigenvalue weighted by Crippen LogP contribution is 2.26. The van der Waals surface area contributed by atoms with Crippen LogP contribution in [-0.2, 0) is 0 Å². The number of hydrogen-bond acceptors (Lipinski definition) is 2. The number of aliphatic hydroxyl groups excluding tert-OH is 1. The Morgan fingerprint density at radius 3 is 2.71 bits per heavy atom. The second-order valence-corrected chi connectivity index (χ2v) is 4.54. The van der Waals surface area contributed by atoms with Crippen LogP contribution in [0, 0.1) is 0 Å². The van der Waals surface area contributed by atoms with Crippen LogP contribution in [0.2, 0.25) is 0 Å². The van der Waals surface area contributed by atoms with Crippen LogP contribution >= 0.6 is 0 Å². The van der Waals surface area contributed by atoms with Crippen LogP contribution in [-0.4, -0.2) is 24.0 Å². The molecular formula is C15H19NO. The molecule has 0 bridgehead atoms. The standard InChI is InChI=1S/C15H19NO/c1-12-9-10-16-11-14(17)7-8-15(12)13-5-3-2-4-6-13/h2-6,11,14,17H,7-10H2,1H3/b15-12+,16-11?. The van der Waals surface area contributed by atoms with Gasteiger partial charge in [0.05, 0.1) is 6.10 Å². The van der Waals surface area contributed by atoms with Gasteiger partial charge in [-0.05, 0) is 37.3 Å². The van der Waals surface area contributed by atoms with Crippen LogP contribution in [0.1, 0.15) is 31.7 Å². The van der Waals surface area contributed by atoms with Crippen molar-refractivity contribution in [3.8, 4) is 0 Å². The molecule has 0 fully saturated rings. The quantitative estimate of drug-likeness (QED) is 0.788. The number of aliphatic hydroxyl groups is 1. The molecule has 0 amide bonds. The molecule has 0 saturated heterocycles. The van der Waals surface area contributed by atoms with Gasteiger partial charge in [0.1, 0.15) is 0 Å². The summed E-state index contributed by atoms with van der Waals surface area (Å²) in [5.74, 6) is 0. The highest BCUT2D eigenvalue weighted by atomic mass is 16.3. The van der Waals surface area contributed by atoms with Crippen LogP contribution in [0.3, 0.4) is 0 Å². The number of nitrogens with zero attached hydrogens (tertiary/aromatic N) is 1. The van der Waals surface area contributed by atoms with Gasteiger partial charge in [0.15, 0.2) is 0 Å². The Bertz CT molecular complexity index is 420. The Kier molecular flexibility index (Phi) is 4.10. The maximum absolute atomic E-state index is 9.72. The lowest BCUT2D eigenvalue weighted by Crippen LogP contribution is -2.07. The zero-order valence-corrected chi connectivity index (χ0v) is 10.3. The summed E-state index contributed by atoms with van der Waals surface area (Å²) in [6, 6.07) is 10.4. The van der Waals surface area contributed by atoms with Gasteiger partial charge in [-0.1, -0.05) is 35.9 Å². The molecule has 0 aliphatic carbocycles. The third-order valence-electron chi connectivity index (χ3n) is 3.22. The van der Waals surface area contributed by atoms with E-state index in [1.807, 2.05) is 6.07 Å². The topological polar surface area (TPSA) is 32.6 Å². The number of benzene rings is 1. The summed E-state index contributed by atoms with van der Waals surface area (Å²) in [6.07, 6.45) is 3.93. The van der Waals surface area contributed by atoms with Crippen LogP contribution in [0.5, 0.6) is 0 Å². The fourth-order valence-electron chi connectivity index (χ4n) is 2.19. The molecule has 0 aromatic heterocycles. The molecule has 1 aliphatic heterocycles. The molecule has 1 N–H and O–H groups in total. The van der Waals surface area contributed by atoms with Crippen molar-refractivity contribution < 1.29 is 5.11 Å². The minimum absolute atomic E-state index is 0.403. The summed E-state index contributed by atoms with van der Waals surface area (Å²) in [6.45, 7) is 2.95. The van der Waals surface area contributed by atoms with Gasteiger partial charge >= 0.3 is 0 Å². The molecular weight excluding hydrogens is 210 g/mol. The Balaban J connectivity index is 2.26. The van der Waals surface area contributed by atoms with Crippen LogP contribution in [0.15, 0.2) is 40.9 Å². The summed E-state index contributed by atoms with van der Waals surface area (Å²) in [7, 11) is 0. The Hall–Kier alpha value is -1.41. The zero-order valence-electron chi connectivity index (χ0n) is 10.3. The molecule has 90 valence electrons. The van der Waals surface area contributed by atoms with Gasteiger partial charge in [0, 0.05) is 12.8 Å². The van der Waals surface area contributed by atoms with Crippen LogP contribution in [0.25, 0.3) is 5.57 Å². The minimum Gasteiger partial charge on any atom is -0.387 e. The number of hydrogen-bond donors (Lipinski definition) is 1. The third-order valence-corrected chi connectivity index (χ3v) is 3.22. The van der Waals surface area contributed by atoms with Crippen molar-refractivity contribution in [2.75, 3.05) is 6.54 Å². The van der Waals surface area contributed by atoms with Crippen molar-refractivity contribution in [1.29, 1.82) is 0 Å². The SMILES string of the molecule is C/C1=C(\c2ccccc2)CCC(O)C=NCC1. The predicted molar refractivity (Wildman–Crippen MR) is 72.3 cm³/mol. The normalized spacial score (nSPS) is 26.1. The molecule has 2 heteroatoms. The van der Waals surface area contributed by atoms with E-state index in [0.717, 1.165) is 25.8 Å². The molecule has 1 atom stereocenters. The lowest BCUT2D eigenvalue weighted by atomic mass is 9.94. The Morgan fingerprint density at radius 2 is 1.94 bits per heavy atom. The minimum atomic E-state index is -0.403. The van der Waals surface area contributed by atoms with Crippen molar-refractivity contribution in [2.45, 2.75) is 32.3 Å². The monoisotopic (exact) mass is 229 g/mol. The zero-order chi connectivity index (χ0) is 12.1. The maximum atomic E-state index is 9.72. The second kappa shape index (κ2) is 5.78. The first-order chi connectivity index (χ1) is 8.27. The van der Waals surface area contributed by atoms with Crippen molar-refractivity contribution in [3.05, 3.63) is 41.5 Å². The molecule has 0 spiro atoms. The number of rotatable bonds is 1. The Morgan fingerprint density at radius 1 is 1.18 bits per heavy atom. The highest BCUT2D eigenvalue weighted by Gasteiger charge is 2.10. The second-order valence-electron chi connectivity index (χ2n) is 4.54. The van der Waals surface area contributed by atoms with Crippen molar-refractivity contribution in [3.63, 3.8) is 0 Å². The van der Waals surface area contributed by atoms with Crippen LogP contribution in [0.4, 0.5) is 0 Å². The molecule has 1 aromatic rings. The molecule has 2 rings (SSSR count). The fourth-order valence-corrected chi connectivity index (χ4v) is 2.19. The molecule has 1 heterocycles. The van der Waals surface area contributed by atoms with Gasteiger partial charge in [0.25, 0.3) is 0 Å². The van der Waals surface area contributed by atoms with Gasteiger partial charge in [0.2, 0.25) is 0 Å². The Labute approximate surface area is 103 Å². The largest absolute Gasteiger partial charge is 0.387 e. The lowest BCUT2D eigenvalue weighted by Gasteiger charge is -2.12. The van der Waals surface area contributed by atoms with Gasteiger partial charge < -0.3 is 5.11 Å². The van der Waals surface area contributed by atoms with E-state index in [-0.39, 0.29) is 0 Å². The molecule has 0 radical (unpaired) electrons. The van der Waals surface area contributed by atoms with Gasteiger partial charge in [-0.2, -0.15) is 0 Å². The predicted octanol–water partition coefficient (Wildman–Crippen LogP) is 3.08. The molecule has 1 aliphatic rings. The van der Waals surface area contributed by atoms with Gasteiger partial charge in [-0.25, -0.2) is 0 Å². The van der Waals surface area contributed by atoms with E-state index in [4.69, 9.17) is 0 Å². The third kappa shape index (κ3) is 3.27. The fraction of sp³-hybridized carbons (Fsp3) is 0.400. The van der Waals surface area contributed by atoms with Gasteiger partial charge in [-0.3, -0.25) is 4.99 Å². The van der Waals surface area contributed by atoms with E-state index in [1.165, 1.54) is 16.7 Å². The van der Waals surface area contributed by atoms with Gasteiger partial charge in [-0.15, -0.1) is 0 Å². The van der Waals surface area contributed by atoms with Crippen molar-refractivity contribution in [2.24, 2.45) is 4.99 Å². The lowest BCUT2D eigenvalue weighted by molar-refractivity contribution is 0.237. The first-order valence-electron chi connectivity index (χ1n) is 6.19. The number of aliphatic imine (C=N–C) groups is 1. The van der Waals surface area contributed by atoms with E-state index in [2.05, 4.69) is 36.2 Å². The number of allylic oxidation sites excluding steroid dienone is 1. The average Bonchev–Trinajstić information content (AvgIpc) is 2.43. The highest BCUT2D eigenvalue weighted by molar-refractivity contribution is 5.70. The van der Waals surface area contributed by atoms with Crippen molar-refractivity contribution in [1.82, 2.24) is 0 Å². The average molecular weight is 229 g/mol. The molecule has 0 saturated carbocycles. The maximum Gasteiger partial charge on any atom is 0.0890 e. The molecule has 2 nitrogen and oxygen atoms in total. The van der Waals surface area contributed by atoms with Crippen molar-refractivity contribution >= 4 is 11.8 Å². The van der Waals surface area contributed by atoms with E-state index < -0.39 is 6.10 Å². The summed E-state index contributed by atoms with van der Waals surface area (Å²) in [5, 5.41) is 9.72.